The summed E-state index contributed by atoms with van der Waals surface area (Å²) in [6, 6.07) is 7.25. The summed E-state index contributed by atoms with van der Waals surface area (Å²) in [6.07, 6.45) is -0.464. The summed E-state index contributed by atoms with van der Waals surface area (Å²) >= 11 is 5.96. The number of aromatic nitrogens is 1. The van der Waals surface area contributed by atoms with Crippen molar-refractivity contribution in [2.45, 2.75) is 20.4 Å². The molecule has 0 saturated carbocycles. The minimum Gasteiger partial charge on any atom is -0.449 e. The predicted molar refractivity (Wildman–Crippen MR) is 84.2 cm³/mol. The van der Waals surface area contributed by atoms with Gasteiger partial charge in [-0.25, -0.2) is 9.78 Å². The van der Waals surface area contributed by atoms with Crippen LogP contribution < -0.4 is 11.1 Å². The Hall–Kier alpha value is -2.01. The van der Waals surface area contributed by atoms with Crippen molar-refractivity contribution in [2.24, 2.45) is 5.92 Å². The Labute approximate surface area is 128 Å². The normalized spacial score (nSPS) is 10.9. The average molecular weight is 308 g/mol. The molecule has 1 aromatic heterocycles. The number of carbonyl (C=O) groups is 1. The number of nitrogens with one attached hydrogen (secondary N) is 1. The van der Waals surface area contributed by atoms with Crippen LogP contribution in [-0.2, 0) is 11.3 Å². The number of fused-ring (bicyclic) bond motifs is 1. The molecule has 0 saturated heterocycles. The van der Waals surface area contributed by atoms with Gasteiger partial charge in [0.05, 0.1) is 12.1 Å². The van der Waals surface area contributed by atoms with E-state index >= 15 is 0 Å². The lowest BCUT2D eigenvalue weighted by Crippen LogP contribution is -2.25. The van der Waals surface area contributed by atoms with E-state index in [-0.39, 0.29) is 6.54 Å². The third kappa shape index (κ3) is 4.23. The van der Waals surface area contributed by atoms with E-state index in [2.05, 4.69) is 10.3 Å². The fraction of sp³-hybridized carbons (Fsp3) is 0.333. The van der Waals surface area contributed by atoms with Crippen molar-refractivity contribution in [1.82, 2.24) is 10.3 Å². The summed E-state index contributed by atoms with van der Waals surface area (Å²) in [7, 11) is 0. The van der Waals surface area contributed by atoms with Gasteiger partial charge < -0.3 is 15.8 Å². The zero-order valence-electron chi connectivity index (χ0n) is 12.0. The number of nitrogens with zero attached hydrogens (tertiary/aromatic N) is 1. The summed E-state index contributed by atoms with van der Waals surface area (Å²) < 4.78 is 5.04. The first-order chi connectivity index (χ1) is 9.95. The molecule has 0 aliphatic heterocycles. The van der Waals surface area contributed by atoms with Crippen molar-refractivity contribution in [3.8, 4) is 0 Å². The topological polar surface area (TPSA) is 77.2 Å². The third-order valence-corrected chi connectivity index (χ3v) is 3.10. The van der Waals surface area contributed by atoms with Gasteiger partial charge in [0.15, 0.2) is 0 Å². The highest BCUT2D eigenvalue weighted by Crippen LogP contribution is 2.21. The van der Waals surface area contributed by atoms with Crippen LogP contribution in [0.15, 0.2) is 24.3 Å². The van der Waals surface area contributed by atoms with Crippen LogP contribution in [0.2, 0.25) is 5.02 Å². The van der Waals surface area contributed by atoms with Gasteiger partial charge in [0.2, 0.25) is 0 Å². The van der Waals surface area contributed by atoms with Crippen LogP contribution in [0.1, 0.15) is 19.4 Å². The van der Waals surface area contributed by atoms with E-state index in [1.807, 2.05) is 32.0 Å². The number of hydrogen-bond donors (Lipinski definition) is 2. The SMILES string of the molecule is CC(C)COC(=O)NCc1cc2cc(Cl)ccc2nc1N. The number of amides is 1. The number of nitrogen functional groups attached to an aromatic ring is 1. The van der Waals surface area contributed by atoms with E-state index in [1.54, 1.807) is 6.07 Å². The van der Waals surface area contributed by atoms with Gasteiger partial charge in [-0.3, -0.25) is 0 Å². The molecule has 0 atom stereocenters. The Balaban J connectivity index is 2.07. The van der Waals surface area contributed by atoms with Crippen molar-refractivity contribution < 1.29 is 9.53 Å². The summed E-state index contributed by atoms with van der Waals surface area (Å²) in [6.45, 7) is 4.59. The Morgan fingerprint density at radius 2 is 2.19 bits per heavy atom. The Kier molecular flexibility index (Phi) is 4.85. The van der Waals surface area contributed by atoms with Gasteiger partial charge in [-0.1, -0.05) is 25.4 Å². The lowest BCUT2D eigenvalue weighted by atomic mass is 10.1. The molecule has 3 N–H and O–H groups in total. The Morgan fingerprint density at radius 3 is 2.90 bits per heavy atom. The standard InChI is InChI=1S/C15H18ClN3O2/c1-9(2)8-21-15(20)18-7-11-5-10-6-12(16)3-4-13(10)19-14(11)17/h3-6,9H,7-8H2,1-2H3,(H2,17,19)(H,18,20). The second kappa shape index (κ2) is 6.63. The van der Waals surface area contributed by atoms with Crippen LogP contribution >= 0.6 is 11.6 Å². The fourth-order valence-corrected chi connectivity index (χ4v) is 1.99. The molecule has 0 aliphatic carbocycles. The molecule has 1 aromatic carbocycles. The van der Waals surface area contributed by atoms with Crippen LogP contribution in [0.5, 0.6) is 0 Å². The molecule has 2 aromatic rings. The van der Waals surface area contributed by atoms with E-state index in [4.69, 9.17) is 22.1 Å². The smallest absolute Gasteiger partial charge is 0.407 e. The fourth-order valence-electron chi connectivity index (χ4n) is 1.81. The van der Waals surface area contributed by atoms with Gasteiger partial charge in [-0.15, -0.1) is 0 Å². The Bertz CT molecular complexity index is 659. The maximum Gasteiger partial charge on any atom is 0.407 e. The number of ether oxygens (including phenoxy) is 1. The maximum absolute atomic E-state index is 11.5. The lowest BCUT2D eigenvalue weighted by Gasteiger charge is -2.10. The summed E-state index contributed by atoms with van der Waals surface area (Å²) in [5.41, 5.74) is 7.39. The first-order valence-electron chi connectivity index (χ1n) is 6.71. The van der Waals surface area contributed by atoms with Crippen LogP contribution in [0.4, 0.5) is 10.6 Å². The minimum atomic E-state index is -0.464. The van der Waals surface area contributed by atoms with Crippen molar-refractivity contribution in [3.05, 3.63) is 34.9 Å². The molecule has 0 unspecified atom stereocenters. The van der Waals surface area contributed by atoms with E-state index in [1.165, 1.54) is 0 Å². The average Bonchev–Trinajstić information content (AvgIpc) is 2.43. The molecule has 0 spiro atoms. The monoisotopic (exact) mass is 307 g/mol. The van der Waals surface area contributed by atoms with Gasteiger partial charge in [0.1, 0.15) is 5.82 Å². The largest absolute Gasteiger partial charge is 0.449 e. The van der Waals surface area contributed by atoms with Gasteiger partial charge in [0, 0.05) is 22.5 Å². The van der Waals surface area contributed by atoms with Crippen LogP contribution in [0.25, 0.3) is 10.9 Å². The van der Waals surface area contributed by atoms with E-state index in [0.29, 0.717) is 23.4 Å². The summed E-state index contributed by atoms with van der Waals surface area (Å²) in [5, 5.41) is 4.17. The zero-order valence-corrected chi connectivity index (χ0v) is 12.8. The maximum atomic E-state index is 11.5. The van der Waals surface area contributed by atoms with E-state index in [0.717, 1.165) is 16.5 Å². The van der Waals surface area contributed by atoms with Crippen molar-refractivity contribution in [3.63, 3.8) is 0 Å². The summed E-state index contributed by atoms with van der Waals surface area (Å²) in [4.78, 5) is 15.8. The number of hydrogen-bond acceptors (Lipinski definition) is 4. The molecule has 112 valence electrons. The molecule has 6 heteroatoms. The minimum absolute atomic E-state index is 0.262. The van der Waals surface area contributed by atoms with Crippen LogP contribution in [-0.4, -0.2) is 17.7 Å². The van der Waals surface area contributed by atoms with E-state index < -0.39 is 6.09 Å². The second-order valence-corrected chi connectivity index (χ2v) is 5.65. The summed E-state index contributed by atoms with van der Waals surface area (Å²) in [5.74, 6) is 0.680. The van der Waals surface area contributed by atoms with Gasteiger partial charge in [-0.2, -0.15) is 0 Å². The van der Waals surface area contributed by atoms with Crippen molar-refractivity contribution >= 4 is 34.4 Å². The Morgan fingerprint density at radius 1 is 1.43 bits per heavy atom. The zero-order chi connectivity index (χ0) is 15.4. The molecule has 0 aliphatic rings. The highest BCUT2D eigenvalue weighted by molar-refractivity contribution is 6.31. The molecule has 0 radical (unpaired) electrons. The number of nitrogens with two attached hydrogens (primary N) is 1. The molecule has 0 bridgehead atoms. The molecule has 0 fully saturated rings. The lowest BCUT2D eigenvalue weighted by molar-refractivity contribution is 0.132. The van der Waals surface area contributed by atoms with Gasteiger partial charge >= 0.3 is 6.09 Å². The first kappa shape index (κ1) is 15.4. The molecule has 1 amide bonds. The number of alkyl carbamates (subject to hydrolysis) is 1. The van der Waals surface area contributed by atoms with Crippen molar-refractivity contribution in [1.29, 1.82) is 0 Å². The van der Waals surface area contributed by atoms with Crippen LogP contribution in [0, 0.1) is 5.92 Å². The highest BCUT2D eigenvalue weighted by Gasteiger charge is 2.08. The number of carbonyl (C=O) groups excluding carboxylic acids is 1. The highest BCUT2D eigenvalue weighted by atomic mass is 35.5. The predicted octanol–water partition coefficient (Wildman–Crippen LogP) is 3.35. The molecule has 2 rings (SSSR count). The van der Waals surface area contributed by atoms with Crippen molar-refractivity contribution in [2.75, 3.05) is 12.3 Å². The quantitative estimate of drug-likeness (QED) is 0.908. The second-order valence-electron chi connectivity index (χ2n) is 5.22. The number of benzene rings is 1. The van der Waals surface area contributed by atoms with Gasteiger partial charge in [-0.05, 0) is 30.2 Å². The van der Waals surface area contributed by atoms with Crippen LogP contribution in [0.3, 0.4) is 0 Å². The molecular formula is C15H18ClN3O2. The number of halogens is 1. The molecule has 5 nitrogen and oxygen atoms in total. The first-order valence-corrected chi connectivity index (χ1v) is 7.09. The number of anilines is 1. The third-order valence-electron chi connectivity index (χ3n) is 2.86. The number of pyridine rings is 1. The molecular weight excluding hydrogens is 290 g/mol. The van der Waals surface area contributed by atoms with E-state index in [9.17, 15) is 4.79 Å². The molecule has 21 heavy (non-hydrogen) atoms. The number of rotatable bonds is 4. The molecule has 1 heterocycles. The van der Waals surface area contributed by atoms with Gasteiger partial charge in [0.25, 0.3) is 0 Å².